The van der Waals surface area contributed by atoms with Gasteiger partial charge in [0.05, 0.1) is 29.2 Å². The maximum Gasteiger partial charge on any atom is 0.387 e. The lowest BCUT2D eigenvalue weighted by Crippen LogP contribution is -2.30. The molecule has 1 aliphatic heterocycles. The van der Waals surface area contributed by atoms with Gasteiger partial charge in [0.15, 0.2) is 5.75 Å². The molecule has 6 nitrogen and oxygen atoms in total. The summed E-state index contributed by atoms with van der Waals surface area (Å²) in [6.07, 6.45) is 0.933. The summed E-state index contributed by atoms with van der Waals surface area (Å²) in [6.45, 7) is -1.13. The van der Waals surface area contributed by atoms with Gasteiger partial charge in [-0.05, 0) is 36.8 Å². The predicted octanol–water partition coefficient (Wildman–Crippen LogP) is 3.90. The lowest BCUT2D eigenvalue weighted by molar-refractivity contribution is -0.0498. The monoisotopic (exact) mass is 425 g/mol. The Morgan fingerprint density at radius 2 is 2.10 bits per heavy atom. The van der Waals surface area contributed by atoms with Gasteiger partial charge in [0, 0.05) is 19.0 Å². The molecule has 1 aliphatic rings. The van der Waals surface area contributed by atoms with E-state index >= 15 is 0 Å². The fourth-order valence-corrected chi connectivity index (χ4v) is 3.93. The molecule has 0 saturated carbocycles. The average molecular weight is 425 g/mol. The van der Waals surface area contributed by atoms with Crippen molar-refractivity contribution < 1.29 is 23.4 Å². The average Bonchev–Trinajstić information content (AvgIpc) is 3.07. The molecule has 8 heteroatoms. The molecule has 1 amide bonds. The van der Waals surface area contributed by atoms with Crippen LogP contribution in [-0.2, 0) is 0 Å². The van der Waals surface area contributed by atoms with Crippen LogP contribution in [0.15, 0.2) is 36.4 Å². The Bertz CT molecular complexity index is 1210. The highest BCUT2D eigenvalue weighted by atomic mass is 19.3. The minimum absolute atomic E-state index is 0.0361. The van der Waals surface area contributed by atoms with Gasteiger partial charge in [0.2, 0.25) is 0 Å². The number of fused-ring (bicyclic) bond motifs is 5. The molecular weight excluding hydrogens is 404 g/mol. The molecule has 2 aromatic carbocycles. The van der Waals surface area contributed by atoms with Crippen molar-refractivity contribution in [3.63, 3.8) is 0 Å². The molecule has 0 saturated heterocycles. The van der Waals surface area contributed by atoms with E-state index in [2.05, 4.69) is 11.8 Å². The smallest absolute Gasteiger partial charge is 0.387 e. The van der Waals surface area contributed by atoms with Gasteiger partial charge in [-0.25, -0.2) is 4.98 Å². The lowest BCUT2D eigenvalue weighted by Gasteiger charge is -2.24. The van der Waals surface area contributed by atoms with Gasteiger partial charge < -0.3 is 14.7 Å². The summed E-state index contributed by atoms with van der Waals surface area (Å²) in [7, 11) is 1.68. The molecule has 0 aliphatic carbocycles. The van der Waals surface area contributed by atoms with E-state index in [9.17, 15) is 13.6 Å². The summed E-state index contributed by atoms with van der Waals surface area (Å²) in [4.78, 5) is 19.5. The van der Waals surface area contributed by atoms with E-state index in [1.807, 2.05) is 25.1 Å². The fraction of sp³-hybridized carbons (Fsp3) is 0.304. The fourth-order valence-electron chi connectivity index (χ4n) is 3.93. The number of benzene rings is 2. The molecule has 2 heterocycles. The maximum absolute atomic E-state index is 13.2. The molecule has 3 aromatic rings. The largest absolute Gasteiger partial charge is 0.433 e. The highest BCUT2D eigenvalue weighted by Crippen LogP contribution is 2.40. The van der Waals surface area contributed by atoms with Crippen molar-refractivity contribution in [3.8, 4) is 23.3 Å². The standard InChI is InChI=1S/C23H21F2N3O3/c1-3-17-21-26-16-11-10-14(7-4-5-12-29)13-18(16)28(21)20-15(22(30)27(17)2)8-6-9-19(20)31-23(24)25/h6,8-11,13,17,23,29H,3,5,12H2,1-2H3. The van der Waals surface area contributed by atoms with E-state index < -0.39 is 6.61 Å². The van der Waals surface area contributed by atoms with Crippen LogP contribution >= 0.6 is 0 Å². The molecule has 0 fully saturated rings. The van der Waals surface area contributed by atoms with Gasteiger partial charge in [-0.2, -0.15) is 8.78 Å². The van der Waals surface area contributed by atoms with E-state index in [0.29, 0.717) is 35.3 Å². The highest BCUT2D eigenvalue weighted by molar-refractivity contribution is 6.00. The Hall–Kier alpha value is -3.44. The summed E-state index contributed by atoms with van der Waals surface area (Å²) in [5.74, 6) is 6.04. The Balaban J connectivity index is 2.06. The van der Waals surface area contributed by atoms with Gasteiger partial charge >= 0.3 is 6.61 Å². The Morgan fingerprint density at radius 3 is 2.81 bits per heavy atom. The van der Waals surface area contributed by atoms with Crippen LogP contribution in [0.2, 0.25) is 0 Å². The second-order valence-electron chi connectivity index (χ2n) is 7.16. The Kier molecular flexibility index (Phi) is 5.61. The van der Waals surface area contributed by atoms with Crippen molar-refractivity contribution in [3.05, 3.63) is 53.3 Å². The molecule has 1 unspecified atom stereocenters. The number of carbonyl (C=O) groups is 1. The van der Waals surface area contributed by atoms with Gasteiger partial charge in [0.1, 0.15) is 11.5 Å². The zero-order valence-corrected chi connectivity index (χ0v) is 17.1. The van der Waals surface area contributed by atoms with Crippen LogP contribution in [0.25, 0.3) is 16.7 Å². The van der Waals surface area contributed by atoms with Crippen LogP contribution in [0.5, 0.6) is 5.75 Å². The number of aliphatic hydroxyl groups is 1. The first kappa shape index (κ1) is 20.8. The van der Waals surface area contributed by atoms with Crippen LogP contribution in [0.3, 0.4) is 0 Å². The third-order valence-electron chi connectivity index (χ3n) is 5.29. The number of hydrogen-bond acceptors (Lipinski definition) is 4. The van der Waals surface area contributed by atoms with E-state index in [1.54, 1.807) is 22.6 Å². The van der Waals surface area contributed by atoms with Crippen LogP contribution < -0.4 is 4.74 Å². The first-order valence-corrected chi connectivity index (χ1v) is 9.93. The molecule has 31 heavy (non-hydrogen) atoms. The second kappa shape index (κ2) is 8.36. The number of halogens is 2. The van der Waals surface area contributed by atoms with E-state index in [4.69, 9.17) is 14.8 Å². The predicted molar refractivity (Wildman–Crippen MR) is 111 cm³/mol. The van der Waals surface area contributed by atoms with E-state index in [-0.39, 0.29) is 35.6 Å². The highest BCUT2D eigenvalue weighted by Gasteiger charge is 2.35. The molecule has 1 atom stereocenters. The minimum atomic E-state index is -3.04. The first-order valence-electron chi connectivity index (χ1n) is 9.93. The van der Waals surface area contributed by atoms with Crippen LogP contribution in [0.4, 0.5) is 8.78 Å². The number of para-hydroxylation sites is 1. The number of amides is 1. The minimum Gasteiger partial charge on any atom is -0.433 e. The molecular formula is C23H21F2N3O3. The third kappa shape index (κ3) is 3.62. The maximum atomic E-state index is 13.2. The molecule has 0 radical (unpaired) electrons. The summed E-state index contributed by atoms with van der Waals surface area (Å²) in [5, 5.41) is 8.96. The number of aliphatic hydroxyl groups excluding tert-OH is 1. The van der Waals surface area contributed by atoms with Crippen molar-refractivity contribution >= 4 is 16.9 Å². The number of alkyl halides is 2. The topological polar surface area (TPSA) is 67.6 Å². The van der Waals surface area contributed by atoms with Crippen molar-refractivity contribution in [2.75, 3.05) is 13.7 Å². The number of aromatic nitrogens is 2. The number of hydrogen-bond donors (Lipinski definition) is 1. The van der Waals surface area contributed by atoms with Crippen molar-refractivity contribution in [2.24, 2.45) is 0 Å². The zero-order chi connectivity index (χ0) is 22.1. The molecule has 1 N–H and O–H groups in total. The molecule has 160 valence electrons. The van der Waals surface area contributed by atoms with Crippen molar-refractivity contribution in [2.45, 2.75) is 32.4 Å². The normalized spacial score (nSPS) is 15.4. The number of ether oxygens (including phenoxy) is 1. The molecule has 0 bridgehead atoms. The van der Waals surface area contributed by atoms with Gasteiger partial charge in [-0.3, -0.25) is 9.36 Å². The quantitative estimate of drug-likeness (QED) is 0.644. The summed E-state index contributed by atoms with van der Waals surface area (Å²) in [5.41, 5.74) is 2.48. The zero-order valence-electron chi connectivity index (χ0n) is 17.1. The van der Waals surface area contributed by atoms with Gasteiger partial charge in [-0.1, -0.05) is 24.8 Å². The SMILES string of the molecule is CCC1c2nc3ccc(C#CCCO)cc3n2-c2c(OC(F)F)cccc2C(=O)N1C. The molecule has 4 rings (SSSR count). The van der Waals surface area contributed by atoms with Crippen molar-refractivity contribution in [1.29, 1.82) is 0 Å². The summed E-state index contributed by atoms with van der Waals surface area (Å²) >= 11 is 0. The Morgan fingerprint density at radius 1 is 1.29 bits per heavy atom. The summed E-state index contributed by atoms with van der Waals surface area (Å²) in [6, 6.07) is 9.63. The third-order valence-corrected chi connectivity index (χ3v) is 5.29. The number of imidazole rings is 1. The van der Waals surface area contributed by atoms with Gasteiger partial charge in [-0.15, -0.1) is 0 Å². The number of nitrogens with zero attached hydrogens (tertiary/aromatic N) is 3. The van der Waals surface area contributed by atoms with E-state index in [0.717, 1.165) is 0 Å². The summed E-state index contributed by atoms with van der Waals surface area (Å²) < 4.78 is 32.9. The first-order chi connectivity index (χ1) is 15.0. The Labute approximate surface area is 178 Å². The lowest BCUT2D eigenvalue weighted by atomic mass is 10.1. The number of rotatable bonds is 4. The van der Waals surface area contributed by atoms with Crippen LogP contribution in [-0.4, -0.2) is 45.7 Å². The van der Waals surface area contributed by atoms with Crippen LogP contribution in [0, 0.1) is 11.8 Å². The van der Waals surface area contributed by atoms with E-state index in [1.165, 1.54) is 12.1 Å². The van der Waals surface area contributed by atoms with Gasteiger partial charge in [0.25, 0.3) is 5.91 Å². The second-order valence-corrected chi connectivity index (χ2v) is 7.16. The van der Waals surface area contributed by atoms with Crippen LogP contribution in [0.1, 0.15) is 47.6 Å². The molecule has 1 aromatic heterocycles. The van der Waals surface area contributed by atoms with Crippen molar-refractivity contribution in [1.82, 2.24) is 14.5 Å². The number of carbonyl (C=O) groups excluding carboxylic acids is 1. The molecule has 0 spiro atoms.